The van der Waals surface area contributed by atoms with Crippen LogP contribution in [0.3, 0.4) is 0 Å². The van der Waals surface area contributed by atoms with E-state index in [-0.39, 0.29) is 9.79 Å². The van der Waals surface area contributed by atoms with E-state index in [1.54, 1.807) is 84.9 Å². The summed E-state index contributed by atoms with van der Waals surface area (Å²) in [7, 11) is -8.19. The van der Waals surface area contributed by atoms with E-state index in [9.17, 15) is 16.8 Å². The van der Waals surface area contributed by atoms with Crippen LogP contribution in [0.15, 0.2) is 119 Å². The van der Waals surface area contributed by atoms with Crippen LogP contribution in [0.5, 0.6) is 0 Å². The van der Waals surface area contributed by atoms with Gasteiger partial charge in [-0.05, 0) is 61.4 Å². The minimum atomic E-state index is -4.10. The minimum absolute atomic E-state index is 0.119. The maximum atomic E-state index is 14.2. The lowest BCUT2D eigenvalue weighted by Gasteiger charge is -2.17. The Balaban J connectivity index is 1.82. The zero-order chi connectivity index (χ0) is 26.7. The molecule has 190 valence electrons. The van der Waals surface area contributed by atoms with E-state index in [2.05, 4.69) is 0 Å². The molecule has 0 radical (unpaired) electrons. The van der Waals surface area contributed by atoms with Gasteiger partial charge in [0.15, 0.2) is 0 Å². The third-order valence-electron chi connectivity index (χ3n) is 6.96. The lowest BCUT2D eigenvalue weighted by atomic mass is 10.1. The number of nitrogens with zero attached hydrogens (tertiary/aromatic N) is 2. The van der Waals surface area contributed by atoms with E-state index in [1.165, 1.54) is 7.94 Å². The molecule has 0 N–H and O–H groups in total. The largest absolute Gasteiger partial charge is 0.268 e. The maximum absolute atomic E-state index is 14.2. The number of rotatable bonds is 5. The van der Waals surface area contributed by atoms with Gasteiger partial charge in [-0.3, -0.25) is 0 Å². The third-order valence-corrected chi connectivity index (χ3v) is 10.4. The van der Waals surface area contributed by atoms with Crippen LogP contribution < -0.4 is 0 Å². The summed E-state index contributed by atoms with van der Waals surface area (Å²) in [6.07, 6.45) is 0. The van der Waals surface area contributed by atoms with Crippen LogP contribution in [0.1, 0.15) is 11.1 Å². The Morgan fingerprint density at radius 2 is 0.763 bits per heavy atom. The number of hydrogen-bond donors (Lipinski definition) is 0. The van der Waals surface area contributed by atoms with Crippen LogP contribution >= 0.6 is 0 Å². The van der Waals surface area contributed by atoms with Crippen molar-refractivity contribution >= 4 is 41.9 Å². The molecule has 0 unspecified atom stereocenters. The summed E-state index contributed by atoms with van der Waals surface area (Å²) in [5.41, 5.74) is 2.96. The number of hydrogen-bond acceptors (Lipinski definition) is 4. The molecule has 6 aromatic rings. The fourth-order valence-corrected chi connectivity index (χ4v) is 8.37. The molecule has 0 fully saturated rings. The lowest BCUT2D eigenvalue weighted by molar-refractivity contribution is 0.586. The van der Waals surface area contributed by atoms with Gasteiger partial charge in [0.1, 0.15) is 0 Å². The zero-order valence-corrected chi connectivity index (χ0v) is 22.4. The SMILES string of the molecule is Cc1c(-c2c(C)c3ccccc3n2S(=O)(=O)c2ccccc2)n(S(=O)(=O)c2ccccc2)c2ccccc12. The lowest BCUT2D eigenvalue weighted by Crippen LogP contribution is -2.19. The van der Waals surface area contributed by atoms with E-state index in [0.717, 1.165) is 10.8 Å². The minimum Gasteiger partial charge on any atom is -0.231 e. The Bertz CT molecular complexity index is 1910. The summed E-state index contributed by atoms with van der Waals surface area (Å²) >= 11 is 0. The molecule has 0 saturated heterocycles. The van der Waals surface area contributed by atoms with Crippen LogP contribution in [0, 0.1) is 13.8 Å². The van der Waals surface area contributed by atoms with Crippen molar-refractivity contribution in [3.05, 3.63) is 120 Å². The molecule has 0 atom stereocenters. The van der Waals surface area contributed by atoms with E-state index >= 15 is 0 Å². The van der Waals surface area contributed by atoms with Crippen molar-refractivity contribution in [2.75, 3.05) is 0 Å². The second-order valence-corrected chi connectivity index (χ2v) is 12.7. The molecular formula is C30H24N2O4S2. The van der Waals surface area contributed by atoms with Gasteiger partial charge >= 0.3 is 0 Å². The normalized spacial score (nSPS) is 12.4. The van der Waals surface area contributed by atoms with E-state index in [4.69, 9.17) is 0 Å². The van der Waals surface area contributed by atoms with Crippen molar-refractivity contribution in [1.82, 2.24) is 7.94 Å². The number of aromatic nitrogens is 2. The highest BCUT2D eigenvalue weighted by Gasteiger charge is 2.33. The molecule has 0 aliphatic heterocycles. The molecule has 6 nitrogen and oxygen atoms in total. The fraction of sp³-hybridized carbons (Fsp3) is 0.0667. The summed E-state index contributed by atoms with van der Waals surface area (Å²) < 4.78 is 59.5. The van der Waals surface area contributed by atoms with Gasteiger partial charge in [-0.2, -0.15) is 0 Å². The van der Waals surface area contributed by atoms with Crippen molar-refractivity contribution in [1.29, 1.82) is 0 Å². The van der Waals surface area contributed by atoms with Crippen molar-refractivity contribution in [2.24, 2.45) is 0 Å². The molecule has 38 heavy (non-hydrogen) atoms. The van der Waals surface area contributed by atoms with Crippen LogP contribution in [-0.4, -0.2) is 24.8 Å². The summed E-state index contributed by atoms with van der Waals surface area (Å²) in [5, 5.41) is 1.46. The van der Waals surface area contributed by atoms with Crippen LogP contribution in [-0.2, 0) is 20.0 Å². The molecule has 0 aliphatic carbocycles. The van der Waals surface area contributed by atoms with Gasteiger partial charge in [-0.15, -0.1) is 0 Å². The van der Waals surface area contributed by atoms with Gasteiger partial charge in [0, 0.05) is 10.8 Å². The highest BCUT2D eigenvalue weighted by Crippen LogP contribution is 2.42. The molecule has 4 aromatic carbocycles. The first-order valence-corrected chi connectivity index (χ1v) is 14.9. The quantitative estimate of drug-likeness (QED) is 0.255. The summed E-state index contributed by atoms with van der Waals surface area (Å²) in [4.78, 5) is 0.237. The summed E-state index contributed by atoms with van der Waals surface area (Å²) in [6.45, 7) is 3.68. The van der Waals surface area contributed by atoms with E-state index < -0.39 is 20.0 Å². The standard InChI is InChI=1S/C30H24N2O4S2/c1-21-25-17-9-11-19-27(25)31(37(33,34)23-13-5-3-6-14-23)29(21)30-22(2)26-18-10-12-20-28(26)32(30)38(35,36)24-15-7-4-8-16-24/h3-20H,1-2H3. The Morgan fingerprint density at radius 1 is 0.447 bits per heavy atom. The topological polar surface area (TPSA) is 78.1 Å². The fourth-order valence-electron chi connectivity index (χ4n) is 5.18. The molecule has 0 aliphatic rings. The zero-order valence-electron chi connectivity index (χ0n) is 20.7. The van der Waals surface area contributed by atoms with Crippen molar-refractivity contribution in [2.45, 2.75) is 23.6 Å². The van der Waals surface area contributed by atoms with Gasteiger partial charge in [-0.1, -0.05) is 72.8 Å². The molecule has 2 aromatic heterocycles. The van der Waals surface area contributed by atoms with Gasteiger partial charge in [0.05, 0.1) is 32.2 Å². The summed E-state index contributed by atoms with van der Waals surface area (Å²) in [6, 6.07) is 30.9. The van der Waals surface area contributed by atoms with E-state index in [0.29, 0.717) is 33.5 Å². The molecule has 0 saturated carbocycles. The monoisotopic (exact) mass is 540 g/mol. The van der Waals surface area contributed by atoms with Crippen molar-refractivity contribution in [3.8, 4) is 11.4 Å². The molecule has 0 bridgehead atoms. The predicted octanol–water partition coefficient (Wildman–Crippen LogP) is 6.35. The number of para-hydroxylation sites is 2. The second-order valence-electron chi connectivity index (χ2n) is 9.15. The predicted molar refractivity (Wildman–Crippen MR) is 150 cm³/mol. The van der Waals surface area contributed by atoms with E-state index in [1.807, 2.05) is 38.1 Å². The Kier molecular flexibility index (Phi) is 5.55. The third kappa shape index (κ3) is 3.44. The smallest absolute Gasteiger partial charge is 0.231 e. The average molecular weight is 541 g/mol. The van der Waals surface area contributed by atoms with Crippen LogP contribution in [0.2, 0.25) is 0 Å². The van der Waals surface area contributed by atoms with Crippen LogP contribution in [0.25, 0.3) is 33.2 Å². The number of aryl methyl sites for hydroxylation is 2. The van der Waals surface area contributed by atoms with Crippen molar-refractivity contribution in [3.63, 3.8) is 0 Å². The first kappa shape index (κ1) is 24.2. The first-order chi connectivity index (χ1) is 18.2. The maximum Gasteiger partial charge on any atom is 0.268 e. The molecule has 6 rings (SSSR count). The highest BCUT2D eigenvalue weighted by molar-refractivity contribution is 7.90. The average Bonchev–Trinajstić information content (AvgIpc) is 3.41. The van der Waals surface area contributed by atoms with Crippen molar-refractivity contribution < 1.29 is 16.8 Å². The van der Waals surface area contributed by atoms with Crippen LogP contribution in [0.4, 0.5) is 0 Å². The highest BCUT2D eigenvalue weighted by atomic mass is 32.2. The molecule has 2 heterocycles. The number of fused-ring (bicyclic) bond motifs is 2. The van der Waals surface area contributed by atoms with Gasteiger partial charge < -0.3 is 0 Å². The Morgan fingerprint density at radius 3 is 1.13 bits per heavy atom. The Hall–Kier alpha value is -4.14. The van der Waals surface area contributed by atoms with Gasteiger partial charge in [0.2, 0.25) is 0 Å². The molecular weight excluding hydrogens is 516 g/mol. The number of benzene rings is 4. The molecule has 0 spiro atoms. The molecule has 8 heteroatoms. The first-order valence-electron chi connectivity index (χ1n) is 12.1. The second kappa shape index (κ2) is 8.72. The van der Waals surface area contributed by atoms with Gasteiger partial charge in [-0.25, -0.2) is 24.8 Å². The Labute approximate surface area is 221 Å². The van der Waals surface area contributed by atoms with Gasteiger partial charge in [0.25, 0.3) is 20.0 Å². The molecule has 0 amide bonds. The summed E-state index contributed by atoms with van der Waals surface area (Å²) in [5.74, 6) is 0.